The number of sulfonamides is 1. The van der Waals surface area contributed by atoms with Crippen molar-refractivity contribution in [3.63, 3.8) is 0 Å². The van der Waals surface area contributed by atoms with Gasteiger partial charge in [0, 0.05) is 16.1 Å². The predicted molar refractivity (Wildman–Crippen MR) is 105 cm³/mol. The lowest BCUT2D eigenvalue weighted by Gasteiger charge is -2.07. The fraction of sp³-hybridized carbons (Fsp3) is 0.118. The van der Waals surface area contributed by atoms with E-state index in [-0.39, 0.29) is 5.69 Å². The van der Waals surface area contributed by atoms with Crippen LogP contribution in [0.4, 0.5) is 5.69 Å². The van der Waals surface area contributed by atoms with Gasteiger partial charge in [0.2, 0.25) is 10.0 Å². The fourth-order valence-corrected chi connectivity index (χ4v) is 3.97. The van der Waals surface area contributed by atoms with Gasteiger partial charge in [-0.25, -0.2) is 23.2 Å². The number of benzene rings is 1. The van der Waals surface area contributed by atoms with Crippen LogP contribution in [0.25, 0.3) is 22.6 Å². The third-order valence-corrected chi connectivity index (χ3v) is 5.30. The molecule has 0 amide bonds. The summed E-state index contributed by atoms with van der Waals surface area (Å²) in [6, 6.07) is 10.7. The van der Waals surface area contributed by atoms with E-state index >= 15 is 0 Å². The second-order valence-electron chi connectivity index (χ2n) is 5.98. The lowest BCUT2D eigenvalue weighted by molar-refractivity contribution is 0.607. The summed E-state index contributed by atoms with van der Waals surface area (Å²) in [5, 5.41) is 1.95. The maximum atomic E-state index is 12.3. The molecular weight excluding hydrogens is 386 g/mol. The van der Waals surface area contributed by atoms with Crippen LogP contribution in [0.1, 0.15) is 4.88 Å². The first-order valence-corrected chi connectivity index (χ1v) is 10.7. The third kappa shape index (κ3) is 3.76. The highest BCUT2D eigenvalue weighted by Crippen LogP contribution is 2.22. The van der Waals surface area contributed by atoms with E-state index < -0.39 is 10.0 Å². The molecule has 2 N–H and O–H groups in total. The van der Waals surface area contributed by atoms with Crippen molar-refractivity contribution in [1.82, 2.24) is 19.5 Å². The molecule has 10 heteroatoms. The van der Waals surface area contributed by atoms with Crippen LogP contribution >= 0.6 is 11.3 Å². The first-order chi connectivity index (χ1) is 12.9. The zero-order valence-corrected chi connectivity index (χ0v) is 15.8. The zero-order valence-electron chi connectivity index (χ0n) is 14.2. The van der Waals surface area contributed by atoms with Gasteiger partial charge in [-0.15, -0.1) is 11.3 Å². The molecule has 0 spiro atoms. The van der Waals surface area contributed by atoms with Crippen LogP contribution in [0.5, 0.6) is 0 Å². The van der Waals surface area contributed by atoms with Gasteiger partial charge < -0.3 is 0 Å². The lowest BCUT2D eigenvalue weighted by atomic mass is 10.1. The molecule has 4 rings (SSSR count). The van der Waals surface area contributed by atoms with Crippen LogP contribution in [0.15, 0.2) is 52.8 Å². The maximum Gasteiger partial charge on any atom is 0.329 e. The van der Waals surface area contributed by atoms with E-state index in [4.69, 9.17) is 0 Å². The van der Waals surface area contributed by atoms with Gasteiger partial charge in [0.15, 0.2) is 11.3 Å². The van der Waals surface area contributed by atoms with Crippen molar-refractivity contribution in [2.45, 2.75) is 6.54 Å². The molecule has 3 aromatic heterocycles. The van der Waals surface area contributed by atoms with E-state index in [9.17, 15) is 13.2 Å². The molecule has 138 valence electrons. The molecule has 8 nitrogen and oxygen atoms in total. The van der Waals surface area contributed by atoms with Gasteiger partial charge in [0.1, 0.15) is 0 Å². The monoisotopic (exact) mass is 401 g/mol. The summed E-state index contributed by atoms with van der Waals surface area (Å²) >= 11 is 1.56. The van der Waals surface area contributed by atoms with Crippen LogP contribution in [-0.4, -0.2) is 34.2 Å². The fourth-order valence-electron chi connectivity index (χ4n) is 2.72. The first-order valence-electron chi connectivity index (χ1n) is 7.95. The number of aromatic nitrogens is 4. The Kier molecular flexibility index (Phi) is 4.28. The van der Waals surface area contributed by atoms with E-state index in [0.717, 1.165) is 11.1 Å². The molecule has 0 saturated carbocycles. The van der Waals surface area contributed by atoms with Crippen LogP contribution in [0.2, 0.25) is 0 Å². The number of imidazole rings is 1. The molecule has 0 fully saturated rings. The molecule has 0 atom stereocenters. The molecule has 0 bridgehead atoms. The summed E-state index contributed by atoms with van der Waals surface area (Å²) in [6.07, 6.45) is 2.64. The van der Waals surface area contributed by atoms with Gasteiger partial charge in [-0.2, -0.15) is 0 Å². The average Bonchev–Trinajstić information content (AvgIpc) is 3.22. The normalized spacial score (nSPS) is 11.7. The zero-order chi connectivity index (χ0) is 19.0. The van der Waals surface area contributed by atoms with E-state index in [1.54, 1.807) is 41.8 Å². The molecule has 0 aliphatic heterocycles. The number of hydrogen-bond donors (Lipinski definition) is 2. The summed E-state index contributed by atoms with van der Waals surface area (Å²) in [6.45, 7) is 0.407. The van der Waals surface area contributed by atoms with E-state index in [1.165, 1.54) is 4.57 Å². The number of rotatable bonds is 5. The van der Waals surface area contributed by atoms with E-state index in [2.05, 4.69) is 19.7 Å². The summed E-state index contributed by atoms with van der Waals surface area (Å²) in [5.74, 6) is 0. The van der Waals surface area contributed by atoms with Gasteiger partial charge >= 0.3 is 5.69 Å². The number of hydrogen-bond acceptors (Lipinski definition) is 6. The van der Waals surface area contributed by atoms with E-state index in [1.807, 2.05) is 17.5 Å². The second kappa shape index (κ2) is 6.63. The molecule has 0 aliphatic carbocycles. The Bertz CT molecular complexity index is 1270. The molecule has 0 aliphatic rings. The SMILES string of the molecule is CS(=O)(=O)Nc1cccc(-c2cnc3[nH]c(=O)n(Cc4cccs4)c3n2)c1. The van der Waals surface area contributed by atoms with Crippen molar-refractivity contribution < 1.29 is 8.42 Å². The van der Waals surface area contributed by atoms with Crippen molar-refractivity contribution >= 4 is 38.3 Å². The number of fused-ring (bicyclic) bond motifs is 1. The van der Waals surface area contributed by atoms with Gasteiger partial charge in [0.05, 0.1) is 24.7 Å². The molecule has 1 aromatic carbocycles. The Balaban J connectivity index is 1.77. The van der Waals surface area contributed by atoms with Gasteiger partial charge in [-0.3, -0.25) is 14.3 Å². The van der Waals surface area contributed by atoms with Crippen molar-refractivity contribution in [3.8, 4) is 11.3 Å². The van der Waals surface area contributed by atoms with Crippen LogP contribution in [-0.2, 0) is 16.6 Å². The Morgan fingerprint density at radius 2 is 2.11 bits per heavy atom. The Morgan fingerprint density at radius 1 is 1.26 bits per heavy atom. The quantitative estimate of drug-likeness (QED) is 0.533. The smallest absolute Gasteiger partial charge is 0.289 e. The Hall–Kier alpha value is -2.98. The van der Waals surface area contributed by atoms with Gasteiger partial charge in [0.25, 0.3) is 0 Å². The highest BCUT2D eigenvalue weighted by molar-refractivity contribution is 7.92. The topological polar surface area (TPSA) is 110 Å². The molecule has 3 heterocycles. The minimum Gasteiger partial charge on any atom is -0.289 e. The Labute approximate surface area is 158 Å². The molecular formula is C17H15N5O3S2. The average molecular weight is 401 g/mol. The van der Waals surface area contributed by atoms with E-state index in [0.29, 0.717) is 34.8 Å². The standard InChI is InChI=1S/C17H15N5O3S2/c1-27(24,25)21-12-5-2-4-11(8-12)14-9-18-15-16(19-14)22(17(23)20-15)10-13-6-3-7-26-13/h2-9,21H,10H2,1H3,(H,18,20,23). The van der Waals surface area contributed by atoms with Crippen molar-refractivity contribution in [1.29, 1.82) is 0 Å². The van der Waals surface area contributed by atoms with Gasteiger partial charge in [-0.05, 0) is 23.6 Å². The maximum absolute atomic E-state index is 12.3. The van der Waals surface area contributed by atoms with Crippen molar-refractivity contribution in [3.05, 3.63) is 63.3 Å². The largest absolute Gasteiger partial charge is 0.329 e. The highest BCUT2D eigenvalue weighted by atomic mass is 32.2. The van der Waals surface area contributed by atoms with Crippen LogP contribution < -0.4 is 10.4 Å². The number of thiophene rings is 1. The minimum absolute atomic E-state index is 0.275. The third-order valence-electron chi connectivity index (χ3n) is 3.84. The molecule has 27 heavy (non-hydrogen) atoms. The van der Waals surface area contributed by atoms with Crippen LogP contribution in [0.3, 0.4) is 0 Å². The number of aromatic amines is 1. The predicted octanol–water partition coefficient (Wildman–Crippen LogP) is 2.27. The highest BCUT2D eigenvalue weighted by Gasteiger charge is 2.13. The molecule has 4 aromatic rings. The summed E-state index contributed by atoms with van der Waals surface area (Å²) in [5.41, 5.74) is 2.25. The first kappa shape index (κ1) is 17.4. The van der Waals surface area contributed by atoms with Crippen molar-refractivity contribution in [2.75, 3.05) is 11.0 Å². The lowest BCUT2D eigenvalue weighted by Crippen LogP contribution is -2.17. The minimum atomic E-state index is -3.38. The number of H-pyrrole nitrogens is 1. The number of nitrogens with zero attached hydrogens (tertiary/aromatic N) is 3. The summed E-state index contributed by atoms with van der Waals surface area (Å²) in [7, 11) is -3.38. The molecule has 0 saturated heterocycles. The Morgan fingerprint density at radius 3 is 2.85 bits per heavy atom. The van der Waals surface area contributed by atoms with Crippen molar-refractivity contribution in [2.24, 2.45) is 0 Å². The molecule has 0 unspecified atom stereocenters. The molecule has 0 radical (unpaired) electrons. The number of anilines is 1. The summed E-state index contributed by atoms with van der Waals surface area (Å²) in [4.78, 5) is 24.9. The summed E-state index contributed by atoms with van der Waals surface area (Å²) < 4.78 is 26.9. The van der Waals surface area contributed by atoms with Crippen LogP contribution in [0, 0.1) is 0 Å². The van der Waals surface area contributed by atoms with Gasteiger partial charge in [-0.1, -0.05) is 18.2 Å². The number of nitrogens with one attached hydrogen (secondary N) is 2. The second-order valence-corrected chi connectivity index (χ2v) is 8.76.